The summed E-state index contributed by atoms with van der Waals surface area (Å²) in [6.07, 6.45) is 0. The van der Waals surface area contributed by atoms with Crippen molar-refractivity contribution in [3.8, 4) is 11.5 Å². The molecule has 0 aliphatic carbocycles. The van der Waals surface area contributed by atoms with E-state index >= 15 is 0 Å². The first-order chi connectivity index (χ1) is 7.82. The molecule has 0 saturated heterocycles. The van der Waals surface area contributed by atoms with E-state index in [4.69, 9.17) is 11.6 Å². The van der Waals surface area contributed by atoms with Crippen molar-refractivity contribution in [1.82, 2.24) is 0 Å². The lowest BCUT2D eigenvalue weighted by Crippen LogP contribution is -2.01. The van der Waals surface area contributed by atoms with Gasteiger partial charge in [0.15, 0.2) is 0 Å². The Morgan fingerprint density at radius 3 is 1.59 bits per heavy atom. The number of hydrogen-bond donors (Lipinski definition) is 2. The van der Waals surface area contributed by atoms with Gasteiger partial charge in [-0.25, -0.2) is 0 Å². The average Bonchev–Trinajstić information content (AvgIpc) is 2.16. The van der Waals surface area contributed by atoms with Gasteiger partial charge in [0.1, 0.15) is 11.5 Å². The predicted molar refractivity (Wildman–Crippen MR) is 75.2 cm³/mol. The third-order valence-electron chi connectivity index (χ3n) is 2.84. The molecule has 1 aromatic carbocycles. The maximum atomic E-state index is 10.2. The normalized spacial score (nSPS) is 11.5. The van der Waals surface area contributed by atoms with E-state index in [0.717, 1.165) is 15.6 Å². The van der Waals surface area contributed by atoms with Gasteiger partial charge in [0.05, 0.1) is 11.4 Å². The fourth-order valence-electron chi connectivity index (χ4n) is 1.97. The maximum absolute atomic E-state index is 10.2. The van der Waals surface area contributed by atoms with Gasteiger partial charge < -0.3 is 10.2 Å². The fourth-order valence-corrected chi connectivity index (χ4v) is 3.52. The number of phenols is 2. The lowest BCUT2D eigenvalue weighted by molar-refractivity contribution is 0.428. The molecule has 0 unspecified atom stereocenters. The number of phenolic OH excluding ortho intramolecular Hbond substituents is 2. The van der Waals surface area contributed by atoms with E-state index in [1.54, 1.807) is 0 Å². The van der Waals surface area contributed by atoms with Crippen LogP contribution in [0.25, 0.3) is 0 Å². The molecule has 0 aliphatic rings. The quantitative estimate of drug-likeness (QED) is 0.782. The minimum atomic E-state index is 0.101. The highest BCUT2D eigenvalue weighted by Crippen LogP contribution is 2.47. The van der Waals surface area contributed by atoms with Crippen LogP contribution in [0, 0.1) is 0 Å². The number of rotatable bonds is 3. The molecule has 96 valence electrons. The first-order valence-corrected chi connectivity index (χ1v) is 6.97. The Hall–Kier alpha value is -0.410. The SMILES string of the molecule is CC(C)c1c(O)c(CCl)c(O)c(C(C)C)c1Br. The van der Waals surface area contributed by atoms with Crippen LogP contribution in [-0.2, 0) is 5.88 Å². The van der Waals surface area contributed by atoms with Crippen LogP contribution in [0.1, 0.15) is 56.2 Å². The van der Waals surface area contributed by atoms with E-state index in [1.807, 2.05) is 27.7 Å². The number of halogens is 2. The number of benzene rings is 1. The fraction of sp³-hybridized carbons (Fsp3) is 0.538. The maximum Gasteiger partial charge on any atom is 0.128 e. The monoisotopic (exact) mass is 320 g/mol. The van der Waals surface area contributed by atoms with Gasteiger partial charge in [0.2, 0.25) is 0 Å². The van der Waals surface area contributed by atoms with E-state index in [9.17, 15) is 10.2 Å². The molecule has 2 nitrogen and oxygen atoms in total. The molecule has 1 aromatic rings. The van der Waals surface area contributed by atoms with E-state index in [-0.39, 0.29) is 29.2 Å². The first kappa shape index (κ1) is 14.7. The van der Waals surface area contributed by atoms with Crippen LogP contribution in [0.3, 0.4) is 0 Å². The summed E-state index contributed by atoms with van der Waals surface area (Å²) in [6.45, 7) is 8.00. The third kappa shape index (κ3) is 2.55. The lowest BCUT2D eigenvalue weighted by atomic mass is 9.91. The van der Waals surface area contributed by atoms with Crippen molar-refractivity contribution in [3.63, 3.8) is 0 Å². The molecule has 2 N–H and O–H groups in total. The van der Waals surface area contributed by atoms with Crippen molar-refractivity contribution in [3.05, 3.63) is 21.2 Å². The summed E-state index contributed by atoms with van der Waals surface area (Å²) in [5.74, 6) is 0.617. The Morgan fingerprint density at radius 1 is 1.00 bits per heavy atom. The van der Waals surface area contributed by atoms with Gasteiger partial charge >= 0.3 is 0 Å². The Labute approximate surface area is 116 Å². The Balaban J connectivity index is 3.69. The zero-order valence-electron chi connectivity index (χ0n) is 10.5. The van der Waals surface area contributed by atoms with Crippen molar-refractivity contribution >= 4 is 27.5 Å². The Morgan fingerprint density at radius 2 is 1.35 bits per heavy atom. The van der Waals surface area contributed by atoms with E-state index in [0.29, 0.717) is 5.56 Å². The summed E-state index contributed by atoms with van der Waals surface area (Å²) in [5, 5.41) is 20.3. The van der Waals surface area contributed by atoms with Crippen LogP contribution in [0.5, 0.6) is 11.5 Å². The number of alkyl halides is 1. The molecule has 0 fully saturated rings. The van der Waals surface area contributed by atoms with Gasteiger partial charge in [-0.1, -0.05) is 27.7 Å². The van der Waals surface area contributed by atoms with Crippen LogP contribution in [0.2, 0.25) is 0 Å². The second-order valence-corrected chi connectivity index (χ2v) is 5.82. The second-order valence-electron chi connectivity index (χ2n) is 4.76. The van der Waals surface area contributed by atoms with Crippen LogP contribution >= 0.6 is 27.5 Å². The van der Waals surface area contributed by atoms with E-state index in [2.05, 4.69) is 15.9 Å². The lowest BCUT2D eigenvalue weighted by Gasteiger charge is -2.21. The first-order valence-electron chi connectivity index (χ1n) is 5.64. The summed E-state index contributed by atoms with van der Waals surface area (Å²) in [6, 6.07) is 0. The molecule has 0 spiro atoms. The van der Waals surface area contributed by atoms with Crippen molar-refractivity contribution < 1.29 is 10.2 Å². The molecule has 0 bridgehead atoms. The largest absolute Gasteiger partial charge is 0.507 e. The van der Waals surface area contributed by atoms with Crippen LogP contribution < -0.4 is 0 Å². The Kier molecular flexibility index (Phi) is 4.73. The van der Waals surface area contributed by atoms with Gasteiger partial charge in [-0.2, -0.15) is 0 Å². The molecular weight excluding hydrogens is 303 g/mol. The van der Waals surface area contributed by atoms with E-state index in [1.165, 1.54) is 0 Å². The molecule has 1 rings (SSSR count). The van der Waals surface area contributed by atoms with Gasteiger partial charge in [-0.05, 0) is 27.8 Å². The number of aromatic hydroxyl groups is 2. The Bertz CT molecular complexity index is 393. The van der Waals surface area contributed by atoms with Crippen molar-refractivity contribution in [2.24, 2.45) is 0 Å². The standard InChI is InChI=1S/C13H18BrClO2/c1-6(2)9-11(14)10(7(3)4)13(17)8(5-15)12(9)16/h6-7,16-17H,5H2,1-4H3. The van der Waals surface area contributed by atoms with Gasteiger partial charge in [-0.15, -0.1) is 11.6 Å². The summed E-state index contributed by atoms with van der Waals surface area (Å²) in [5.41, 5.74) is 2.03. The summed E-state index contributed by atoms with van der Waals surface area (Å²) >= 11 is 9.29. The van der Waals surface area contributed by atoms with Gasteiger partial charge in [0.25, 0.3) is 0 Å². The third-order valence-corrected chi connectivity index (χ3v) is 3.96. The second kappa shape index (κ2) is 5.49. The van der Waals surface area contributed by atoms with Gasteiger partial charge in [-0.3, -0.25) is 0 Å². The molecule has 4 heteroatoms. The number of hydrogen-bond acceptors (Lipinski definition) is 2. The average molecular weight is 322 g/mol. The molecule has 0 radical (unpaired) electrons. The van der Waals surface area contributed by atoms with E-state index < -0.39 is 0 Å². The summed E-state index contributed by atoms with van der Waals surface area (Å²) < 4.78 is 0.784. The molecule has 0 aliphatic heterocycles. The summed E-state index contributed by atoms with van der Waals surface area (Å²) in [4.78, 5) is 0. The molecule has 0 atom stereocenters. The van der Waals surface area contributed by atoms with Crippen LogP contribution in [0.15, 0.2) is 4.47 Å². The smallest absolute Gasteiger partial charge is 0.128 e. The van der Waals surface area contributed by atoms with Crippen LogP contribution in [0.4, 0.5) is 0 Å². The van der Waals surface area contributed by atoms with Crippen molar-refractivity contribution in [2.45, 2.75) is 45.4 Å². The molecule has 0 saturated carbocycles. The zero-order chi connectivity index (χ0) is 13.3. The minimum Gasteiger partial charge on any atom is -0.507 e. The van der Waals surface area contributed by atoms with Crippen LogP contribution in [-0.4, -0.2) is 10.2 Å². The molecule has 0 heterocycles. The molecule has 0 aromatic heterocycles. The summed E-state index contributed by atoms with van der Waals surface area (Å²) in [7, 11) is 0. The molecule has 0 amide bonds. The molecular formula is C13H18BrClO2. The minimum absolute atomic E-state index is 0.101. The zero-order valence-corrected chi connectivity index (χ0v) is 12.9. The van der Waals surface area contributed by atoms with Gasteiger partial charge in [0, 0.05) is 15.6 Å². The predicted octanol–water partition coefficient (Wildman–Crippen LogP) is 4.85. The van der Waals surface area contributed by atoms with Crippen molar-refractivity contribution in [1.29, 1.82) is 0 Å². The topological polar surface area (TPSA) is 40.5 Å². The molecule has 17 heavy (non-hydrogen) atoms. The highest BCUT2D eigenvalue weighted by Gasteiger charge is 2.24. The van der Waals surface area contributed by atoms with Crippen molar-refractivity contribution in [2.75, 3.05) is 0 Å². The highest BCUT2D eigenvalue weighted by atomic mass is 79.9. The highest BCUT2D eigenvalue weighted by molar-refractivity contribution is 9.10.